The third kappa shape index (κ3) is 4.09. The van der Waals surface area contributed by atoms with Gasteiger partial charge in [-0.25, -0.2) is 0 Å². The van der Waals surface area contributed by atoms with Gasteiger partial charge in [0.25, 0.3) is 0 Å². The van der Waals surface area contributed by atoms with Crippen LogP contribution in [0, 0.1) is 0 Å². The lowest BCUT2D eigenvalue weighted by Gasteiger charge is -2.35. The molecule has 0 saturated carbocycles. The summed E-state index contributed by atoms with van der Waals surface area (Å²) in [5.74, 6) is 0. The quantitative estimate of drug-likeness (QED) is 0.566. The number of nitrogens with zero attached hydrogens (tertiary/aromatic N) is 1. The Bertz CT molecular complexity index is 380. The van der Waals surface area contributed by atoms with E-state index in [9.17, 15) is 10.2 Å². The van der Waals surface area contributed by atoms with Crippen LogP contribution in [0.1, 0.15) is 25.7 Å². The minimum atomic E-state index is -0.658. The predicted molar refractivity (Wildman–Crippen MR) is 89.0 cm³/mol. The van der Waals surface area contributed by atoms with E-state index in [1.807, 2.05) is 0 Å². The van der Waals surface area contributed by atoms with Crippen molar-refractivity contribution in [3.8, 4) is 0 Å². The maximum absolute atomic E-state index is 10.7. The van der Waals surface area contributed by atoms with Gasteiger partial charge in [-0.2, -0.15) is 0 Å². The Hall–Kier alpha value is -0.280. The van der Waals surface area contributed by atoms with Gasteiger partial charge in [-0.05, 0) is 32.2 Å². The van der Waals surface area contributed by atoms with Crippen LogP contribution in [0.15, 0.2) is 0 Å². The molecule has 0 aromatic carbocycles. The second-order valence-corrected chi connectivity index (χ2v) is 7.16. The van der Waals surface area contributed by atoms with E-state index in [1.165, 1.54) is 0 Å². The minimum Gasteiger partial charge on any atom is -0.394 e. The summed E-state index contributed by atoms with van der Waals surface area (Å²) in [5.41, 5.74) is 0. The molecule has 3 aliphatic heterocycles. The summed E-state index contributed by atoms with van der Waals surface area (Å²) in [4.78, 5) is 2.33. The number of ether oxygens (including phenoxy) is 3. The fourth-order valence-corrected chi connectivity index (χ4v) is 4.36. The number of rotatable bonds is 7. The molecule has 3 N–H and O–H groups in total. The average Bonchev–Trinajstić information content (AvgIpc) is 3.18. The van der Waals surface area contributed by atoms with Gasteiger partial charge < -0.3 is 29.7 Å². The Labute approximate surface area is 144 Å². The largest absolute Gasteiger partial charge is 0.394 e. The Morgan fingerprint density at radius 1 is 1.21 bits per heavy atom. The van der Waals surface area contributed by atoms with Crippen molar-refractivity contribution in [1.82, 2.24) is 10.2 Å². The molecule has 140 valence electrons. The Morgan fingerprint density at radius 2 is 2.00 bits per heavy atom. The van der Waals surface area contributed by atoms with Crippen LogP contribution in [0.2, 0.25) is 0 Å². The first-order chi connectivity index (χ1) is 11.7. The van der Waals surface area contributed by atoms with Crippen LogP contribution in [0.5, 0.6) is 0 Å². The third-order valence-corrected chi connectivity index (χ3v) is 5.63. The molecule has 0 aromatic rings. The Morgan fingerprint density at radius 3 is 2.71 bits per heavy atom. The summed E-state index contributed by atoms with van der Waals surface area (Å²) < 4.78 is 16.7. The van der Waals surface area contributed by atoms with E-state index >= 15 is 0 Å². The molecular formula is C17H32N2O5. The highest BCUT2D eigenvalue weighted by Gasteiger charge is 2.48. The van der Waals surface area contributed by atoms with E-state index in [0.717, 1.165) is 45.4 Å². The van der Waals surface area contributed by atoms with Crippen molar-refractivity contribution in [3.63, 3.8) is 0 Å². The summed E-state index contributed by atoms with van der Waals surface area (Å²) in [7, 11) is 1.72. The average molecular weight is 344 g/mol. The van der Waals surface area contributed by atoms with E-state index in [0.29, 0.717) is 25.2 Å². The van der Waals surface area contributed by atoms with Crippen LogP contribution in [0.3, 0.4) is 0 Å². The summed E-state index contributed by atoms with van der Waals surface area (Å²) >= 11 is 0. The molecule has 5 unspecified atom stereocenters. The monoisotopic (exact) mass is 344 g/mol. The lowest BCUT2D eigenvalue weighted by atomic mass is 10.0. The molecule has 3 fully saturated rings. The van der Waals surface area contributed by atoms with E-state index in [4.69, 9.17) is 14.2 Å². The number of likely N-dealkylation sites (tertiary alicyclic amines) is 1. The number of nitrogens with one attached hydrogen (secondary N) is 1. The third-order valence-electron chi connectivity index (χ3n) is 5.63. The number of hydrogen-bond acceptors (Lipinski definition) is 7. The zero-order valence-corrected chi connectivity index (χ0v) is 14.6. The molecule has 5 atom stereocenters. The van der Waals surface area contributed by atoms with Crippen molar-refractivity contribution < 1.29 is 24.4 Å². The van der Waals surface area contributed by atoms with Gasteiger partial charge in [0.15, 0.2) is 0 Å². The van der Waals surface area contributed by atoms with E-state index in [-0.39, 0.29) is 18.8 Å². The van der Waals surface area contributed by atoms with Gasteiger partial charge in [-0.1, -0.05) is 0 Å². The lowest BCUT2D eigenvalue weighted by molar-refractivity contribution is -0.0230. The summed E-state index contributed by atoms with van der Waals surface area (Å²) in [6.07, 6.45) is 2.95. The molecule has 7 heteroatoms. The van der Waals surface area contributed by atoms with Gasteiger partial charge in [0, 0.05) is 39.0 Å². The predicted octanol–water partition coefficient (Wildman–Crippen LogP) is -0.645. The molecule has 0 aromatic heterocycles. The van der Waals surface area contributed by atoms with E-state index < -0.39 is 12.2 Å². The van der Waals surface area contributed by atoms with Crippen molar-refractivity contribution in [1.29, 1.82) is 0 Å². The molecule has 3 heterocycles. The fourth-order valence-electron chi connectivity index (χ4n) is 4.36. The van der Waals surface area contributed by atoms with Crippen LogP contribution in [-0.4, -0.2) is 98.2 Å². The highest BCUT2D eigenvalue weighted by Crippen LogP contribution is 2.31. The molecule has 0 aliphatic carbocycles. The maximum atomic E-state index is 10.7. The van der Waals surface area contributed by atoms with Crippen LogP contribution < -0.4 is 5.32 Å². The zero-order valence-electron chi connectivity index (χ0n) is 14.6. The van der Waals surface area contributed by atoms with Gasteiger partial charge in [-0.15, -0.1) is 0 Å². The Balaban J connectivity index is 1.63. The van der Waals surface area contributed by atoms with Crippen molar-refractivity contribution in [2.24, 2.45) is 0 Å². The SMILES string of the molecule is COCC1CCCN1C1C(CNC2CCOCC2)OC(CO)C1O. The number of aliphatic hydroxyl groups is 2. The van der Waals surface area contributed by atoms with E-state index in [2.05, 4.69) is 10.2 Å². The second kappa shape index (κ2) is 8.89. The Kier molecular flexibility index (Phi) is 6.86. The molecule has 0 radical (unpaired) electrons. The first-order valence-corrected chi connectivity index (χ1v) is 9.24. The summed E-state index contributed by atoms with van der Waals surface area (Å²) in [6, 6.07) is 0.681. The topological polar surface area (TPSA) is 83.4 Å². The van der Waals surface area contributed by atoms with Crippen LogP contribution in [-0.2, 0) is 14.2 Å². The smallest absolute Gasteiger partial charge is 0.109 e. The first-order valence-electron chi connectivity index (χ1n) is 9.24. The molecular weight excluding hydrogens is 312 g/mol. The van der Waals surface area contributed by atoms with E-state index in [1.54, 1.807) is 7.11 Å². The van der Waals surface area contributed by atoms with Gasteiger partial charge >= 0.3 is 0 Å². The van der Waals surface area contributed by atoms with Gasteiger partial charge in [-0.3, -0.25) is 4.90 Å². The molecule has 24 heavy (non-hydrogen) atoms. The minimum absolute atomic E-state index is 0.0860. The summed E-state index contributed by atoms with van der Waals surface area (Å²) in [6.45, 7) is 3.78. The zero-order chi connectivity index (χ0) is 16.9. The maximum Gasteiger partial charge on any atom is 0.109 e. The highest BCUT2D eigenvalue weighted by atomic mass is 16.5. The van der Waals surface area contributed by atoms with Crippen LogP contribution in [0.4, 0.5) is 0 Å². The standard InChI is InChI=1S/C17H32N2O5/c1-22-11-13-3-2-6-19(13)16-14(24-15(10-20)17(16)21)9-18-12-4-7-23-8-5-12/h12-18,20-21H,2-11H2,1H3. The van der Waals surface area contributed by atoms with Gasteiger partial charge in [0.2, 0.25) is 0 Å². The molecule has 7 nitrogen and oxygen atoms in total. The molecule has 0 bridgehead atoms. The molecule has 3 saturated heterocycles. The molecule has 0 spiro atoms. The van der Waals surface area contributed by atoms with Crippen LogP contribution >= 0.6 is 0 Å². The molecule has 0 amide bonds. The van der Waals surface area contributed by atoms with Crippen molar-refractivity contribution in [2.75, 3.05) is 46.6 Å². The van der Waals surface area contributed by atoms with Crippen molar-refractivity contribution >= 4 is 0 Å². The summed E-state index contributed by atoms with van der Waals surface area (Å²) in [5, 5.41) is 23.8. The molecule has 3 aliphatic rings. The number of aliphatic hydroxyl groups excluding tert-OH is 2. The highest BCUT2D eigenvalue weighted by molar-refractivity contribution is 5.01. The normalized spacial score (nSPS) is 38.9. The van der Waals surface area contributed by atoms with Crippen LogP contribution in [0.25, 0.3) is 0 Å². The number of methoxy groups -OCH3 is 1. The fraction of sp³-hybridized carbons (Fsp3) is 1.00. The van der Waals surface area contributed by atoms with Gasteiger partial charge in [0.05, 0.1) is 25.4 Å². The van der Waals surface area contributed by atoms with Crippen molar-refractivity contribution in [2.45, 2.75) is 62.1 Å². The first kappa shape index (κ1) is 18.5. The lowest BCUT2D eigenvalue weighted by Crippen LogP contribution is -2.54. The molecule has 3 rings (SSSR count). The van der Waals surface area contributed by atoms with Crippen molar-refractivity contribution in [3.05, 3.63) is 0 Å². The second-order valence-electron chi connectivity index (χ2n) is 7.16. The number of hydrogen-bond donors (Lipinski definition) is 3. The van der Waals surface area contributed by atoms with Gasteiger partial charge in [0.1, 0.15) is 12.2 Å².